The van der Waals surface area contributed by atoms with E-state index < -0.39 is 0 Å². The van der Waals surface area contributed by atoms with Gasteiger partial charge in [0, 0.05) is 11.5 Å². The lowest BCUT2D eigenvalue weighted by atomic mass is 10.2. The van der Waals surface area contributed by atoms with E-state index in [1.807, 2.05) is 48.5 Å². The molecular weight excluding hydrogens is 366 g/mol. The highest BCUT2D eigenvalue weighted by Crippen LogP contribution is 2.34. The molecule has 0 unspecified atom stereocenters. The quantitative estimate of drug-likeness (QED) is 0.438. The lowest BCUT2D eigenvalue weighted by Crippen LogP contribution is -2.14. The number of aromatic amines is 1. The maximum absolute atomic E-state index is 12.8. The normalized spacial score (nSPS) is 10.8. The number of hydrogen-bond acceptors (Lipinski definition) is 4. The lowest BCUT2D eigenvalue weighted by Gasteiger charge is -2.15. The van der Waals surface area contributed by atoms with Gasteiger partial charge in [-0.3, -0.25) is 4.79 Å². The summed E-state index contributed by atoms with van der Waals surface area (Å²) in [5, 5.41) is 0.812. The number of unbranched alkanes of at least 4 members (excludes halogenated alkanes) is 2. The molecule has 29 heavy (non-hydrogen) atoms. The third kappa shape index (κ3) is 5.53. The second-order valence-corrected chi connectivity index (χ2v) is 7.00. The summed E-state index contributed by atoms with van der Waals surface area (Å²) in [6.45, 7) is 5.72. The number of fused-ring (bicyclic) bond motifs is 1. The Morgan fingerprint density at radius 3 is 2.28 bits per heavy atom. The summed E-state index contributed by atoms with van der Waals surface area (Å²) < 4.78 is 17.7. The van der Waals surface area contributed by atoms with Gasteiger partial charge in [0.25, 0.3) is 5.56 Å². The molecule has 0 bridgehead atoms. The van der Waals surface area contributed by atoms with Crippen molar-refractivity contribution in [2.45, 2.75) is 46.1 Å². The minimum atomic E-state index is -0.300. The number of hydrogen-bond donors (Lipinski definition) is 1. The van der Waals surface area contributed by atoms with E-state index >= 15 is 0 Å². The van der Waals surface area contributed by atoms with Gasteiger partial charge in [0.1, 0.15) is 12.4 Å². The molecule has 0 atom stereocenters. The van der Waals surface area contributed by atoms with E-state index in [0.717, 1.165) is 42.4 Å². The van der Waals surface area contributed by atoms with Crippen molar-refractivity contribution in [3.63, 3.8) is 0 Å². The van der Waals surface area contributed by atoms with E-state index in [4.69, 9.17) is 14.2 Å². The van der Waals surface area contributed by atoms with Crippen LogP contribution in [0, 0.1) is 0 Å². The van der Waals surface area contributed by atoms with E-state index in [1.165, 1.54) is 0 Å². The predicted octanol–water partition coefficient (Wildman–Crippen LogP) is 5.46. The lowest BCUT2D eigenvalue weighted by molar-refractivity contribution is 0.258. The molecule has 0 aliphatic rings. The van der Waals surface area contributed by atoms with Crippen molar-refractivity contribution < 1.29 is 14.2 Å². The predicted molar refractivity (Wildman–Crippen MR) is 116 cm³/mol. The highest BCUT2D eigenvalue weighted by molar-refractivity contribution is 5.88. The fourth-order valence-electron chi connectivity index (χ4n) is 2.98. The van der Waals surface area contributed by atoms with Gasteiger partial charge in [0.2, 0.25) is 5.75 Å². The number of nitrogens with one attached hydrogen (secondary N) is 1. The second kappa shape index (κ2) is 10.6. The number of benzene rings is 2. The molecule has 5 heteroatoms. The SMILES string of the molecule is CCCCOc1ccc2c(OCCCC)c(OCc3ccccc3)c(=O)[nH]c2c1. The van der Waals surface area contributed by atoms with Gasteiger partial charge in [-0.15, -0.1) is 0 Å². The van der Waals surface area contributed by atoms with E-state index in [2.05, 4.69) is 18.8 Å². The van der Waals surface area contributed by atoms with Crippen molar-refractivity contribution in [2.24, 2.45) is 0 Å². The van der Waals surface area contributed by atoms with Crippen LogP contribution in [0.2, 0.25) is 0 Å². The van der Waals surface area contributed by atoms with Crippen LogP contribution in [0.1, 0.15) is 45.1 Å². The van der Waals surface area contributed by atoms with E-state index in [0.29, 0.717) is 31.1 Å². The monoisotopic (exact) mass is 395 g/mol. The van der Waals surface area contributed by atoms with E-state index in [1.54, 1.807) is 0 Å². The van der Waals surface area contributed by atoms with Crippen LogP contribution in [-0.2, 0) is 6.61 Å². The molecule has 1 aromatic heterocycles. The Morgan fingerprint density at radius 1 is 0.828 bits per heavy atom. The Hall–Kier alpha value is -2.95. The molecule has 0 aliphatic heterocycles. The fraction of sp³-hybridized carbons (Fsp3) is 0.375. The smallest absolute Gasteiger partial charge is 0.294 e. The molecule has 0 spiro atoms. The van der Waals surface area contributed by atoms with Crippen LogP contribution in [-0.4, -0.2) is 18.2 Å². The Balaban J connectivity index is 1.92. The minimum absolute atomic E-state index is 0.220. The topological polar surface area (TPSA) is 60.6 Å². The molecule has 2 aromatic carbocycles. The van der Waals surface area contributed by atoms with Gasteiger partial charge in [-0.1, -0.05) is 57.0 Å². The first kappa shape index (κ1) is 20.8. The number of rotatable bonds is 11. The largest absolute Gasteiger partial charge is 0.494 e. The Morgan fingerprint density at radius 2 is 1.55 bits per heavy atom. The summed E-state index contributed by atoms with van der Waals surface area (Å²) in [5.74, 6) is 1.45. The Kier molecular flexibility index (Phi) is 7.56. The van der Waals surface area contributed by atoms with Crippen molar-refractivity contribution in [3.05, 3.63) is 64.4 Å². The van der Waals surface area contributed by atoms with Crippen LogP contribution in [0.3, 0.4) is 0 Å². The van der Waals surface area contributed by atoms with Crippen molar-refractivity contribution in [2.75, 3.05) is 13.2 Å². The molecule has 3 aromatic rings. The zero-order valence-corrected chi connectivity index (χ0v) is 17.2. The zero-order chi connectivity index (χ0) is 20.5. The second-order valence-electron chi connectivity index (χ2n) is 7.00. The highest BCUT2D eigenvalue weighted by Gasteiger charge is 2.17. The molecule has 5 nitrogen and oxygen atoms in total. The van der Waals surface area contributed by atoms with Crippen LogP contribution >= 0.6 is 0 Å². The molecule has 1 N–H and O–H groups in total. The van der Waals surface area contributed by atoms with Crippen LogP contribution in [0.25, 0.3) is 10.9 Å². The van der Waals surface area contributed by atoms with Crippen molar-refractivity contribution in [1.29, 1.82) is 0 Å². The molecular formula is C24H29NO4. The maximum atomic E-state index is 12.8. The zero-order valence-electron chi connectivity index (χ0n) is 17.2. The standard InChI is InChI=1S/C24H29NO4/c1-3-5-14-27-19-12-13-20-21(16-19)25-24(26)23(22(20)28-15-6-4-2)29-17-18-10-8-7-9-11-18/h7-13,16H,3-6,14-15,17H2,1-2H3,(H,25,26). The molecule has 154 valence electrons. The number of ether oxygens (including phenoxy) is 3. The fourth-order valence-corrected chi connectivity index (χ4v) is 2.98. The number of H-pyrrole nitrogens is 1. The van der Waals surface area contributed by atoms with Gasteiger partial charge < -0.3 is 19.2 Å². The van der Waals surface area contributed by atoms with Crippen molar-refractivity contribution >= 4 is 10.9 Å². The summed E-state index contributed by atoms with van der Waals surface area (Å²) in [5.41, 5.74) is 1.37. The average Bonchev–Trinajstić information content (AvgIpc) is 2.74. The molecule has 0 saturated carbocycles. The maximum Gasteiger partial charge on any atom is 0.294 e. The third-order valence-corrected chi connectivity index (χ3v) is 4.63. The molecule has 0 amide bonds. The molecule has 0 aliphatic carbocycles. The average molecular weight is 395 g/mol. The minimum Gasteiger partial charge on any atom is -0.494 e. The van der Waals surface area contributed by atoms with Crippen LogP contribution in [0.4, 0.5) is 0 Å². The number of pyridine rings is 1. The molecule has 0 saturated heterocycles. The van der Waals surface area contributed by atoms with E-state index in [9.17, 15) is 4.79 Å². The van der Waals surface area contributed by atoms with Crippen LogP contribution in [0.5, 0.6) is 17.2 Å². The summed E-state index contributed by atoms with van der Waals surface area (Å²) in [4.78, 5) is 15.7. The Bertz CT molecular complexity index is 966. The van der Waals surface area contributed by atoms with Gasteiger partial charge in [0.15, 0.2) is 5.75 Å². The first-order chi connectivity index (χ1) is 14.2. The third-order valence-electron chi connectivity index (χ3n) is 4.63. The van der Waals surface area contributed by atoms with Crippen LogP contribution in [0.15, 0.2) is 53.3 Å². The van der Waals surface area contributed by atoms with Gasteiger partial charge >= 0.3 is 0 Å². The van der Waals surface area contributed by atoms with Gasteiger partial charge in [-0.25, -0.2) is 0 Å². The molecule has 3 rings (SSSR count). The summed E-state index contributed by atoms with van der Waals surface area (Å²) in [6, 6.07) is 15.4. The van der Waals surface area contributed by atoms with Crippen molar-refractivity contribution in [1.82, 2.24) is 4.98 Å². The van der Waals surface area contributed by atoms with Gasteiger partial charge in [-0.05, 0) is 30.5 Å². The molecule has 1 heterocycles. The van der Waals surface area contributed by atoms with Crippen LogP contribution < -0.4 is 19.8 Å². The van der Waals surface area contributed by atoms with Crippen molar-refractivity contribution in [3.8, 4) is 17.2 Å². The number of aromatic nitrogens is 1. The van der Waals surface area contributed by atoms with E-state index in [-0.39, 0.29) is 11.3 Å². The summed E-state index contributed by atoms with van der Waals surface area (Å²) in [7, 11) is 0. The van der Waals surface area contributed by atoms with Gasteiger partial charge in [0.05, 0.1) is 18.7 Å². The first-order valence-electron chi connectivity index (χ1n) is 10.3. The molecule has 0 radical (unpaired) electrons. The summed E-state index contributed by atoms with van der Waals surface area (Å²) >= 11 is 0. The first-order valence-corrected chi connectivity index (χ1v) is 10.3. The Labute approximate surface area is 171 Å². The summed E-state index contributed by atoms with van der Waals surface area (Å²) in [6.07, 6.45) is 3.98. The highest BCUT2D eigenvalue weighted by atomic mass is 16.5. The molecule has 0 fully saturated rings. The van der Waals surface area contributed by atoms with Gasteiger partial charge in [-0.2, -0.15) is 0 Å².